The second-order valence-corrected chi connectivity index (χ2v) is 18.3. The van der Waals surface area contributed by atoms with E-state index < -0.39 is 23.1 Å². The third kappa shape index (κ3) is 8.08. The third-order valence-corrected chi connectivity index (χ3v) is 12.0. The summed E-state index contributed by atoms with van der Waals surface area (Å²) in [5.41, 5.74) is 6.67. The molecule has 16 heteroatoms. The second kappa shape index (κ2) is 16.4. The van der Waals surface area contributed by atoms with Crippen LogP contribution in [0.2, 0.25) is 0 Å². The largest absolute Gasteiger partial charge is 0.443 e. The standard InChI is InChI=1S/C25H27FN4O2.C23H28N4O5/c1-12(2)25(31,21-9-8-19(26)13(3)27-21)18-10-17(22-14(4)30-32-15(22)5)11-20-23(18)29-24(28-20)16-6-7-16;1-12-18(13(2)32-25-12)15-10-16(21(28)26(6)30-7)19-17(11-15)27(20(24-19)14-8-9-14)22(29)31-23(3,4)5/h8-12,16,31H,6-7H2,1-5H3,(H,28,29);10-11,14H,8-9H2,1-7H3. The van der Waals surface area contributed by atoms with E-state index in [4.69, 9.17) is 28.6 Å². The van der Waals surface area contributed by atoms with E-state index in [0.717, 1.165) is 64.5 Å². The van der Waals surface area contributed by atoms with Gasteiger partial charge < -0.3 is 23.9 Å². The molecule has 0 radical (unpaired) electrons. The van der Waals surface area contributed by atoms with Crippen molar-refractivity contribution in [2.45, 2.75) is 118 Å². The monoisotopic (exact) mass is 874 g/mol. The predicted octanol–water partition coefficient (Wildman–Crippen LogP) is 10.0. The number of benzene rings is 2. The first kappa shape index (κ1) is 44.4. The van der Waals surface area contributed by atoms with Crippen LogP contribution < -0.4 is 0 Å². The number of imidazole rings is 2. The number of carbonyl (C=O) groups excluding carboxylic acids is 2. The van der Waals surface area contributed by atoms with Crippen LogP contribution in [0.3, 0.4) is 0 Å². The molecule has 2 aromatic carbocycles. The molecule has 5 heterocycles. The van der Waals surface area contributed by atoms with E-state index in [1.807, 2.05) is 80.5 Å². The summed E-state index contributed by atoms with van der Waals surface area (Å²) < 4.78 is 31.9. The Hall–Kier alpha value is -6.26. The number of rotatable bonds is 9. The summed E-state index contributed by atoms with van der Waals surface area (Å²) in [6, 6.07) is 10.5. The number of aromatic amines is 1. The first-order valence-corrected chi connectivity index (χ1v) is 21.6. The van der Waals surface area contributed by atoms with E-state index in [1.165, 1.54) is 24.8 Å². The Morgan fingerprint density at radius 3 is 1.98 bits per heavy atom. The number of aryl methyl sites for hydroxylation is 5. The van der Waals surface area contributed by atoms with Gasteiger partial charge in [-0.05, 0) is 135 Å². The number of nitrogens with zero attached hydrogens (tertiary/aromatic N) is 7. The van der Waals surface area contributed by atoms with Gasteiger partial charge >= 0.3 is 6.09 Å². The van der Waals surface area contributed by atoms with Gasteiger partial charge in [-0.25, -0.2) is 28.8 Å². The van der Waals surface area contributed by atoms with Crippen molar-refractivity contribution >= 4 is 34.1 Å². The maximum atomic E-state index is 14.0. The molecule has 15 nitrogen and oxygen atoms in total. The number of amides is 1. The number of pyridine rings is 1. The Bertz CT molecular complexity index is 2910. The van der Waals surface area contributed by atoms with Gasteiger partial charge in [-0.15, -0.1) is 0 Å². The SMILES string of the molecule is CON(C)C(=O)c1cc(-c2c(C)noc2C)cc2c1nc(C1CC1)n2C(=O)OC(C)(C)C.Cc1nc(C(O)(c2cc(-c3c(C)noc3C)cc3[nH]c(C4CC4)nc23)C(C)C)ccc1F. The second-order valence-electron chi connectivity index (χ2n) is 18.3. The summed E-state index contributed by atoms with van der Waals surface area (Å²) in [5, 5.41) is 21.5. The molecule has 64 heavy (non-hydrogen) atoms. The van der Waals surface area contributed by atoms with E-state index in [1.54, 1.807) is 19.1 Å². The molecule has 0 bridgehead atoms. The minimum atomic E-state index is -1.47. The molecule has 0 saturated heterocycles. The van der Waals surface area contributed by atoms with Gasteiger partial charge in [-0.3, -0.25) is 14.6 Å². The van der Waals surface area contributed by atoms with Crippen molar-refractivity contribution in [2.24, 2.45) is 5.92 Å². The number of hydroxylamine groups is 2. The number of aliphatic hydroxyl groups is 1. The lowest BCUT2D eigenvalue weighted by Gasteiger charge is -2.33. The van der Waals surface area contributed by atoms with E-state index in [2.05, 4.69) is 20.3 Å². The normalized spacial score (nSPS) is 15.1. The van der Waals surface area contributed by atoms with Crippen LogP contribution in [0, 0.1) is 46.4 Å². The fourth-order valence-corrected chi connectivity index (χ4v) is 8.28. The third-order valence-electron chi connectivity index (χ3n) is 12.0. The Morgan fingerprint density at radius 2 is 1.47 bits per heavy atom. The molecule has 2 saturated carbocycles. The molecule has 2 aliphatic carbocycles. The van der Waals surface area contributed by atoms with Crippen LogP contribution in [0.15, 0.2) is 45.4 Å². The lowest BCUT2D eigenvalue weighted by molar-refractivity contribution is -0.0755. The van der Waals surface area contributed by atoms with Crippen molar-refractivity contribution in [2.75, 3.05) is 14.2 Å². The highest BCUT2D eigenvalue weighted by Crippen LogP contribution is 2.46. The Kier molecular flexibility index (Phi) is 11.4. The number of aromatic nitrogens is 7. The van der Waals surface area contributed by atoms with Crippen LogP contribution >= 0.6 is 0 Å². The molecule has 5 aromatic heterocycles. The predicted molar refractivity (Wildman–Crippen MR) is 237 cm³/mol. The molecule has 2 fully saturated rings. The average Bonchev–Trinajstić information content (AvgIpc) is 4.14. The minimum absolute atomic E-state index is 0.153. The molecule has 2 N–H and O–H groups in total. The molecule has 1 unspecified atom stereocenters. The van der Waals surface area contributed by atoms with Gasteiger partial charge in [0.2, 0.25) is 0 Å². The van der Waals surface area contributed by atoms with Crippen molar-refractivity contribution in [3.8, 4) is 22.3 Å². The molecule has 336 valence electrons. The fraction of sp³-hybridized carbons (Fsp3) is 0.438. The van der Waals surface area contributed by atoms with Gasteiger partial charge in [-0.1, -0.05) is 24.2 Å². The zero-order valence-electron chi connectivity index (χ0n) is 38.4. The van der Waals surface area contributed by atoms with Crippen LogP contribution in [0.5, 0.6) is 0 Å². The van der Waals surface area contributed by atoms with E-state index in [9.17, 15) is 19.1 Å². The van der Waals surface area contributed by atoms with Crippen LogP contribution in [-0.4, -0.2) is 76.7 Å². The number of ether oxygens (including phenoxy) is 1. The topological polar surface area (TPSA) is 188 Å². The van der Waals surface area contributed by atoms with Crippen LogP contribution in [-0.2, 0) is 15.2 Å². The van der Waals surface area contributed by atoms with E-state index in [0.29, 0.717) is 67.9 Å². The Labute approximate surface area is 370 Å². The minimum Gasteiger partial charge on any atom is -0.443 e. The van der Waals surface area contributed by atoms with Gasteiger partial charge in [0.15, 0.2) is 0 Å². The summed E-state index contributed by atoms with van der Waals surface area (Å²) in [6.45, 7) is 18.3. The molecule has 1 atom stereocenters. The Balaban J connectivity index is 0.000000175. The van der Waals surface area contributed by atoms with Gasteiger partial charge in [0, 0.05) is 35.6 Å². The molecule has 2 aliphatic rings. The number of halogens is 1. The smallest absolute Gasteiger partial charge is 0.420 e. The van der Waals surface area contributed by atoms with Crippen molar-refractivity contribution < 1.29 is 37.7 Å². The number of fused-ring (bicyclic) bond motifs is 2. The molecule has 0 aliphatic heterocycles. The summed E-state index contributed by atoms with van der Waals surface area (Å²) in [6.07, 6.45) is 3.57. The number of H-pyrrole nitrogens is 1. The number of hydrogen-bond donors (Lipinski definition) is 2. The average molecular weight is 875 g/mol. The quantitative estimate of drug-likeness (QED) is 0.131. The van der Waals surface area contributed by atoms with E-state index in [-0.39, 0.29) is 23.4 Å². The molecule has 0 spiro atoms. The molecule has 9 rings (SSSR count). The number of carbonyl (C=O) groups is 2. The Morgan fingerprint density at radius 1 is 0.859 bits per heavy atom. The van der Waals surface area contributed by atoms with Crippen molar-refractivity contribution in [1.82, 2.24) is 39.9 Å². The highest BCUT2D eigenvalue weighted by molar-refractivity contribution is 6.08. The summed E-state index contributed by atoms with van der Waals surface area (Å²) in [5.74, 6) is 2.43. The number of nitrogens with one attached hydrogen (secondary N) is 1. The first-order valence-electron chi connectivity index (χ1n) is 21.6. The van der Waals surface area contributed by atoms with Gasteiger partial charge in [0.25, 0.3) is 5.91 Å². The van der Waals surface area contributed by atoms with Crippen LogP contribution in [0.4, 0.5) is 9.18 Å². The van der Waals surface area contributed by atoms with Crippen LogP contribution in [0.25, 0.3) is 44.3 Å². The van der Waals surface area contributed by atoms with E-state index >= 15 is 0 Å². The van der Waals surface area contributed by atoms with Gasteiger partial charge in [0.1, 0.15) is 45.7 Å². The first-order chi connectivity index (χ1) is 30.2. The van der Waals surface area contributed by atoms with Gasteiger partial charge in [0.05, 0.1) is 52.0 Å². The van der Waals surface area contributed by atoms with Crippen molar-refractivity contribution in [3.05, 3.63) is 99.3 Å². The highest BCUT2D eigenvalue weighted by atomic mass is 19.1. The van der Waals surface area contributed by atoms with Crippen molar-refractivity contribution in [3.63, 3.8) is 0 Å². The summed E-state index contributed by atoms with van der Waals surface area (Å²) in [7, 11) is 2.95. The maximum Gasteiger partial charge on any atom is 0.420 e. The lowest BCUT2D eigenvalue weighted by atomic mass is 9.78. The molecule has 7 aromatic rings. The van der Waals surface area contributed by atoms with Crippen molar-refractivity contribution in [1.29, 1.82) is 0 Å². The summed E-state index contributed by atoms with van der Waals surface area (Å²) >= 11 is 0. The molecular weight excluding hydrogens is 820 g/mol. The van der Waals surface area contributed by atoms with Gasteiger partial charge in [-0.2, -0.15) is 0 Å². The highest BCUT2D eigenvalue weighted by Gasteiger charge is 2.41. The zero-order chi connectivity index (χ0) is 46.2. The van der Waals surface area contributed by atoms with Crippen LogP contribution in [0.1, 0.15) is 134 Å². The zero-order valence-corrected chi connectivity index (χ0v) is 38.4. The lowest BCUT2D eigenvalue weighted by Crippen LogP contribution is -2.35. The number of hydrogen-bond acceptors (Lipinski definition) is 12. The molecular formula is C48H55FN8O7. The molecule has 1 amide bonds. The summed E-state index contributed by atoms with van der Waals surface area (Å²) in [4.78, 5) is 49.1. The maximum absolute atomic E-state index is 14.0. The fourth-order valence-electron chi connectivity index (χ4n) is 8.28.